The summed E-state index contributed by atoms with van der Waals surface area (Å²) >= 11 is 6.18. The number of benzene rings is 2. The Morgan fingerprint density at radius 3 is 2.67 bits per heavy atom. The molecule has 4 rings (SSSR count). The van der Waals surface area contributed by atoms with Crippen LogP contribution in [0.25, 0.3) is 16.9 Å². The van der Waals surface area contributed by atoms with E-state index in [4.69, 9.17) is 22.1 Å². The number of nitrogens with two attached hydrogens (primary N) is 1. The second kappa shape index (κ2) is 6.77. The molecule has 0 saturated carbocycles. The van der Waals surface area contributed by atoms with E-state index in [1.165, 1.54) is 0 Å². The zero-order valence-electron chi connectivity index (χ0n) is 14.8. The lowest BCUT2D eigenvalue weighted by atomic mass is 10.3. The second-order valence-electron chi connectivity index (χ2n) is 5.93. The maximum atomic E-state index is 6.18. The summed E-state index contributed by atoms with van der Waals surface area (Å²) in [7, 11) is 1.57. The van der Waals surface area contributed by atoms with Gasteiger partial charge in [0.15, 0.2) is 0 Å². The molecule has 0 unspecified atom stereocenters. The Hall–Kier alpha value is -3.32. The fraction of sp³-hybridized carbons (Fsp3) is 0.105. The van der Waals surface area contributed by atoms with Gasteiger partial charge >= 0.3 is 0 Å². The molecular formula is C19H17ClN6O. The SMILES string of the molecule is COc1ccc(Nc2nc(N)cc(-n3c(C)nc4ccccc43)n2)cc1Cl. The van der Waals surface area contributed by atoms with Crippen LogP contribution in [0.3, 0.4) is 0 Å². The smallest absolute Gasteiger partial charge is 0.231 e. The van der Waals surface area contributed by atoms with Crippen molar-refractivity contribution in [1.82, 2.24) is 19.5 Å². The Morgan fingerprint density at radius 1 is 1.07 bits per heavy atom. The van der Waals surface area contributed by atoms with Crippen molar-refractivity contribution >= 4 is 40.1 Å². The number of methoxy groups -OCH3 is 1. The van der Waals surface area contributed by atoms with Crippen LogP contribution in [0.4, 0.5) is 17.5 Å². The van der Waals surface area contributed by atoms with E-state index in [0.717, 1.165) is 22.5 Å². The second-order valence-corrected chi connectivity index (χ2v) is 6.34. The molecule has 7 nitrogen and oxygen atoms in total. The topological polar surface area (TPSA) is 90.9 Å². The highest BCUT2D eigenvalue weighted by atomic mass is 35.5. The van der Waals surface area contributed by atoms with Crippen LogP contribution in [-0.4, -0.2) is 26.6 Å². The maximum absolute atomic E-state index is 6.18. The van der Waals surface area contributed by atoms with Crippen molar-refractivity contribution in [3.63, 3.8) is 0 Å². The third-order valence-corrected chi connectivity index (χ3v) is 4.39. The van der Waals surface area contributed by atoms with Gasteiger partial charge in [0.2, 0.25) is 5.95 Å². The number of anilines is 3. The molecule has 0 atom stereocenters. The maximum Gasteiger partial charge on any atom is 0.231 e. The van der Waals surface area contributed by atoms with Crippen molar-refractivity contribution in [2.45, 2.75) is 6.92 Å². The molecule has 2 aromatic heterocycles. The number of rotatable bonds is 4. The third kappa shape index (κ3) is 3.24. The third-order valence-electron chi connectivity index (χ3n) is 4.10. The molecule has 8 heteroatoms. The van der Waals surface area contributed by atoms with E-state index in [-0.39, 0.29) is 0 Å². The van der Waals surface area contributed by atoms with E-state index in [2.05, 4.69) is 20.3 Å². The minimum absolute atomic E-state index is 0.347. The van der Waals surface area contributed by atoms with E-state index in [1.54, 1.807) is 25.3 Å². The minimum Gasteiger partial charge on any atom is -0.495 e. The molecule has 0 aliphatic heterocycles. The number of aromatic nitrogens is 4. The lowest BCUT2D eigenvalue weighted by Gasteiger charge is -2.11. The number of ether oxygens (including phenoxy) is 1. The first-order valence-electron chi connectivity index (χ1n) is 8.25. The van der Waals surface area contributed by atoms with Gasteiger partial charge in [-0.3, -0.25) is 4.57 Å². The van der Waals surface area contributed by atoms with Crippen LogP contribution >= 0.6 is 11.6 Å². The van der Waals surface area contributed by atoms with E-state index >= 15 is 0 Å². The molecule has 0 fully saturated rings. The van der Waals surface area contributed by atoms with Crippen molar-refractivity contribution in [2.75, 3.05) is 18.2 Å². The summed E-state index contributed by atoms with van der Waals surface area (Å²) in [6, 6.07) is 14.9. The van der Waals surface area contributed by atoms with Gasteiger partial charge in [0.25, 0.3) is 0 Å². The lowest BCUT2D eigenvalue weighted by Crippen LogP contribution is -2.07. The standard InChI is InChI=1S/C19H17ClN6O/c1-11-22-14-5-3-4-6-15(14)26(11)18-10-17(21)24-19(25-18)23-12-7-8-16(27-2)13(20)9-12/h3-10H,1-2H3,(H3,21,23,24,25). The molecule has 0 amide bonds. The summed E-state index contributed by atoms with van der Waals surface area (Å²) in [5.41, 5.74) is 8.59. The minimum atomic E-state index is 0.347. The number of nitrogens with zero attached hydrogens (tertiary/aromatic N) is 4. The van der Waals surface area contributed by atoms with Crippen molar-refractivity contribution < 1.29 is 4.74 Å². The van der Waals surface area contributed by atoms with Crippen molar-refractivity contribution in [2.24, 2.45) is 0 Å². The quantitative estimate of drug-likeness (QED) is 0.553. The van der Waals surface area contributed by atoms with Crippen LogP contribution < -0.4 is 15.8 Å². The van der Waals surface area contributed by atoms with E-state index in [9.17, 15) is 0 Å². The molecule has 2 aromatic carbocycles. The van der Waals surface area contributed by atoms with Crippen molar-refractivity contribution in [3.05, 3.63) is 59.4 Å². The van der Waals surface area contributed by atoms with Crippen LogP contribution in [0, 0.1) is 6.92 Å². The van der Waals surface area contributed by atoms with Gasteiger partial charge in [-0.15, -0.1) is 0 Å². The molecular weight excluding hydrogens is 364 g/mol. The molecule has 3 N–H and O–H groups in total. The predicted molar refractivity (Wildman–Crippen MR) is 107 cm³/mol. The van der Waals surface area contributed by atoms with Crippen LogP contribution in [-0.2, 0) is 0 Å². The predicted octanol–water partition coefficient (Wildman–Crippen LogP) is 4.11. The summed E-state index contributed by atoms with van der Waals surface area (Å²) in [4.78, 5) is 13.4. The van der Waals surface area contributed by atoms with Crippen LogP contribution in [0.1, 0.15) is 5.82 Å². The number of hydrogen-bond donors (Lipinski definition) is 2. The van der Waals surface area contributed by atoms with E-state index in [1.807, 2.05) is 41.8 Å². The molecule has 136 valence electrons. The van der Waals surface area contributed by atoms with Crippen molar-refractivity contribution in [3.8, 4) is 11.6 Å². The van der Waals surface area contributed by atoms with Gasteiger partial charge in [0.1, 0.15) is 23.2 Å². The Labute approximate surface area is 160 Å². The van der Waals surface area contributed by atoms with Gasteiger partial charge in [-0.25, -0.2) is 4.98 Å². The zero-order valence-corrected chi connectivity index (χ0v) is 15.5. The highest BCUT2D eigenvalue weighted by molar-refractivity contribution is 6.32. The first-order chi connectivity index (χ1) is 13.0. The largest absolute Gasteiger partial charge is 0.495 e. The van der Waals surface area contributed by atoms with Gasteiger partial charge in [0.05, 0.1) is 23.2 Å². The molecule has 27 heavy (non-hydrogen) atoms. The fourth-order valence-corrected chi connectivity index (χ4v) is 3.19. The number of nitrogen functional groups attached to an aromatic ring is 1. The number of aryl methyl sites for hydroxylation is 1. The molecule has 4 aromatic rings. The number of nitrogens with one attached hydrogen (secondary N) is 1. The Bertz CT molecular complexity index is 1140. The summed E-state index contributed by atoms with van der Waals surface area (Å²) in [6.07, 6.45) is 0. The molecule has 0 saturated heterocycles. The average Bonchev–Trinajstić information content (AvgIpc) is 2.97. The van der Waals surface area contributed by atoms with Crippen LogP contribution in [0.5, 0.6) is 5.75 Å². The number of halogens is 1. The first kappa shape index (κ1) is 17.1. The van der Waals surface area contributed by atoms with Gasteiger partial charge < -0.3 is 15.8 Å². The van der Waals surface area contributed by atoms with Gasteiger partial charge in [-0.2, -0.15) is 9.97 Å². The van der Waals surface area contributed by atoms with E-state index in [0.29, 0.717) is 28.4 Å². The average molecular weight is 381 g/mol. The van der Waals surface area contributed by atoms with Gasteiger partial charge in [-0.05, 0) is 37.3 Å². The monoisotopic (exact) mass is 380 g/mol. The fourth-order valence-electron chi connectivity index (χ4n) is 2.93. The van der Waals surface area contributed by atoms with Crippen LogP contribution in [0.2, 0.25) is 5.02 Å². The van der Waals surface area contributed by atoms with Gasteiger partial charge in [0, 0.05) is 11.8 Å². The molecule has 0 aliphatic rings. The van der Waals surface area contributed by atoms with E-state index < -0.39 is 0 Å². The number of para-hydroxylation sites is 2. The number of fused-ring (bicyclic) bond motifs is 1. The highest BCUT2D eigenvalue weighted by Gasteiger charge is 2.12. The number of hydrogen-bond acceptors (Lipinski definition) is 6. The Kier molecular flexibility index (Phi) is 4.29. The molecule has 0 aliphatic carbocycles. The Morgan fingerprint density at radius 2 is 1.89 bits per heavy atom. The lowest BCUT2D eigenvalue weighted by molar-refractivity contribution is 0.415. The summed E-state index contributed by atoms with van der Waals surface area (Å²) < 4.78 is 7.11. The summed E-state index contributed by atoms with van der Waals surface area (Å²) in [6.45, 7) is 1.93. The normalized spacial score (nSPS) is 10.9. The molecule has 0 radical (unpaired) electrons. The zero-order chi connectivity index (χ0) is 19.0. The molecule has 0 spiro atoms. The van der Waals surface area contributed by atoms with Crippen molar-refractivity contribution in [1.29, 1.82) is 0 Å². The first-order valence-corrected chi connectivity index (χ1v) is 8.62. The molecule has 2 heterocycles. The number of imidazole rings is 1. The van der Waals surface area contributed by atoms with Gasteiger partial charge in [-0.1, -0.05) is 23.7 Å². The highest BCUT2D eigenvalue weighted by Crippen LogP contribution is 2.29. The van der Waals surface area contributed by atoms with Crippen LogP contribution in [0.15, 0.2) is 48.5 Å². The Balaban J connectivity index is 1.75. The molecule has 0 bridgehead atoms. The summed E-state index contributed by atoms with van der Waals surface area (Å²) in [5.74, 6) is 2.75. The summed E-state index contributed by atoms with van der Waals surface area (Å²) in [5, 5.41) is 3.62.